The van der Waals surface area contributed by atoms with E-state index in [1.165, 1.54) is 101 Å². The van der Waals surface area contributed by atoms with Crippen LogP contribution in [0, 0.1) is 0 Å². The fourth-order valence-electron chi connectivity index (χ4n) is 3.19. The quantitative estimate of drug-likeness (QED) is 0.272. The fourth-order valence-corrected chi connectivity index (χ4v) is 3.19. The normalized spacial score (nSPS) is 11.5. The smallest absolute Gasteiger partial charge is 0.102 e. The molecule has 0 aromatic carbocycles. The van der Waals surface area contributed by atoms with Gasteiger partial charge in [0.05, 0.1) is 26.7 Å². The average molecular weight is 394 g/mol. The average Bonchev–Trinajstić information content (AvgIpc) is 2.52. The summed E-state index contributed by atoms with van der Waals surface area (Å²) in [5, 5.41) is 0. The van der Waals surface area contributed by atoms with Crippen molar-refractivity contribution in [3.05, 3.63) is 0 Å². The van der Waals surface area contributed by atoms with Crippen molar-refractivity contribution in [2.75, 3.05) is 40.4 Å². The van der Waals surface area contributed by atoms with Crippen LogP contribution in [0.15, 0.2) is 0 Å². The molecule has 0 spiro atoms. The standard InChI is InChI=1S/C20H44NO.BrH/c1-5-7-9-11-13-15-17-21(3,19-20-22-4)18-16-14-12-10-8-6-2;/h5-20H2,1-4H3;1H/q+1;/p-1. The molecule has 23 heavy (non-hydrogen) atoms. The van der Waals surface area contributed by atoms with Gasteiger partial charge in [0.2, 0.25) is 0 Å². The summed E-state index contributed by atoms with van der Waals surface area (Å²) in [5.41, 5.74) is 0. The SMILES string of the molecule is CCCCCCCC[N+](C)(CCCCCCCC)CCOC.[Br-]. The number of unbranched alkanes of at least 4 members (excludes halogenated alkanes) is 10. The number of halogens is 1. The number of methoxy groups -OCH3 is 1. The van der Waals surface area contributed by atoms with E-state index in [1.807, 2.05) is 7.11 Å². The molecule has 2 nitrogen and oxygen atoms in total. The second kappa shape index (κ2) is 18.7. The third-order valence-electron chi connectivity index (χ3n) is 4.94. The number of nitrogens with zero attached hydrogens (tertiary/aromatic N) is 1. The number of hydrogen-bond acceptors (Lipinski definition) is 1. The van der Waals surface area contributed by atoms with Crippen LogP contribution in [-0.4, -0.2) is 44.9 Å². The largest absolute Gasteiger partial charge is 1.00 e. The molecule has 0 aliphatic carbocycles. The van der Waals surface area contributed by atoms with Crippen LogP contribution in [0.2, 0.25) is 0 Å². The summed E-state index contributed by atoms with van der Waals surface area (Å²) in [5.74, 6) is 0. The van der Waals surface area contributed by atoms with Gasteiger partial charge in [0, 0.05) is 7.11 Å². The maximum atomic E-state index is 5.34. The van der Waals surface area contributed by atoms with Crippen molar-refractivity contribution in [3.63, 3.8) is 0 Å². The summed E-state index contributed by atoms with van der Waals surface area (Å²) in [7, 11) is 4.27. The first-order valence-electron chi connectivity index (χ1n) is 10.0. The lowest BCUT2D eigenvalue weighted by Gasteiger charge is -2.34. The molecule has 0 radical (unpaired) electrons. The zero-order valence-corrected chi connectivity index (χ0v) is 18.1. The van der Waals surface area contributed by atoms with E-state index in [0.717, 1.165) is 6.61 Å². The number of rotatable bonds is 17. The van der Waals surface area contributed by atoms with Crippen molar-refractivity contribution in [3.8, 4) is 0 Å². The van der Waals surface area contributed by atoms with Crippen molar-refractivity contribution >= 4 is 0 Å². The van der Waals surface area contributed by atoms with Crippen LogP contribution in [0.5, 0.6) is 0 Å². The highest BCUT2D eigenvalue weighted by molar-refractivity contribution is 4.49. The zero-order chi connectivity index (χ0) is 16.5. The number of ether oxygens (including phenoxy) is 1. The highest BCUT2D eigenvalue weighted by Crippen LogP contribution is 2.13. The summed E-state index contributed by atoms with van der Waals surface area (Å²) in [4.78, 5) is 0. The van der Waals surface area contributed by atoms with E-state index in [9.17, 15) is 0 Å². The molecular formula is C20H44BrNO. The Morgan fingerprint density at radius 3 is 1.39 bits per heavy atom. The minimum atomic E-state index is 0. The minimum Gasteiger partial charge on any atom is -1.00 e. The summed E-state index contributed by atoms with van der Waals surface area (Å²) in [6.45, 7) is 9.34. The molecule has 0 fully saturated rings. The molecule has 142 valence electrons. The maximum Gasteiger partial charge on any atom is 0.102 e. The third-order valence-corrected chi connectivity index (χ3v) is 4.94. The summed E-state index contributed by atoms with van der Waals surface area (Å²) >= 11 is 0. The van der Waals surface area contributed by atoms with Gasteiger partial charge in [-0.2, -0.15) is 0 Å². The van der Waals surface area contributed by atoms with E-state index in [1.54, 1.807) is 0 Å². The summed E-state index contributed by atoms with van der Waals surface area (Å²) in [6.07, 6.45) is 16.8. The van der Waals surface area contributed by atoms with Gasteiger partial charge in [-0.1, -0.05) is 65.2 Å². The topological polar surface area (TPSA) is 9.23 Å². The second-order valence-electron chi connectivity index (χ2n) is 7.32. The Kier molecular flexibility index (Phi) is 20.9. The molecule has 0 unspecified atom stereocenters. The van der Waals surface area contributed by atoms with Gasteiger partial charge in [0.15, 0.2) is 0 Å². The van der Waals surface area contributed by atoms with Gasteiger partial charge in [-0.3, -0.25) is 0 Å². The van der Waals surface area contributed by atoms with Crippen LogP contribution in [-0.2, 0) is 4.74 Å². The van der Waals surface area contributed by atoms with Crippen molar-refractivity contribution < 1.29 is 26.2 Å². The van der Waals surface area contributed by atoms with Crippen LogP contribution < -0.4 is 17.0 Å². The molecule has 0 aliphatic heterocycles. The maximum absolute atomic E-state index is 5.34. The Labute approximate surface area is 157 Å². The number of hydrogen-bond donors (Lipinski definition) is 0. The van der Waals surface area contributed by atoms with Crippen LogP contribution >= 0.6 is 0 Å². The van der Waals surface area contributed by atoms with Gasteiger partial charge in [-0.25, -0.2) is 0 Å². The molecule has 0 saturated carbocycles. The van der Waals surface area contributed by atoms with E-state index >= 15 is 0 Å². The Hall–Kier alpha value is 0.400. The van der Waals surface area contributed by atoms with Gasteiger partial charge in [0.25, 0.3) is 0 Å². The molecule has 0 atom stereocenters. The fraction of sp³-hybridized carbons (Fsp3) is 1.00. The van der Waals surface area contributed by atoms with Gasteiger partial charge in [-0.15, -0.1) is 0 Å². The van der Waals surface area contributed by atoms with E-state index in [4.69, 9.17) is 4.74 Å². The molecule has 0 heterocycles. The molecule has 0 aromatic rings. The zero-order valence-electron chi connectivity index (χ0n) is 16.5. The molecular weight excluding hydrogens is 350 g/mol. The van der Waals surface area contributed by atoms with Crippen LogP contribution in [0.4, 0.5) is 0 Å². The van der Waals surface area contributed by atoms with Crippen molar-refractivity contribution in [2.24, 2.45) is 0 Å². The lowest BCUT2D eigenvalue weighted by Crippen LogP contribution is -3.00. The lowest BCUT2D eigenvalue weighted by molar-refractivity contribution is -0.910. The number of quaternary nitrogens is 1. The van der Waals surface area contributed by atoms with Gasteiger partial charge in [0.1, 0.15) is 6.54 Å². The second-order valence-corrected chi connectivity index (χ2v) is 7.32. The van der Waals surface area contributed by atoms with Crippen LogP contribution in [0.1, 0.15) is 90.9 Å². The van der Waals surface area contributed by atoms with Crippen molar-refractivity contribution in [1.82, 2.24) is 0 Å². The van der Waals surface area contributed by atoms with Crippen molar-refractivity contribution in [1.29, 1.82) is 0 Å². The molecule has 3 heteroatoms. The first-order valence-corrected chi connectivity index (χ1v) is 10.0. The van der Waals surface area contributed by atoms with E-state index in [-0.39, 0.29) is 17.0 Å². The molecule has 0 aromatic heterocycles. The molecule has 0 bridgehead atoms. The Bertz CT molecular complexity index is 208. The monoisotopic (exact) mass is 393 g/mol. The molecule has 0 saturated heterocycles. The predicted molar refractivity (Wildman–Crippen MR) is 99.4 cm³/mol. The number of likely N-dealkylation sites (N-methyl/N-ethyl adjacent to an activating group) is 1. The minimum absolute atomic E-state index is 0. The molecule has 0 aliphatic rings. The van der Waals surface area contributed by atoms with E-state index in [2.05, 4.69) is 20.9 Å². The van der Waals surface area contributed by atoms with Gasteiger partial charge < -0.3 is 26.2 Å². The predicted octanol–water partition coefficient (Wildman–Crippen LogP) is 2.80. The first kappa shape index (κ1) is 25.6. The Morgan fingerprint density at radius 1 is 0.609 bits per heavy atom. The van der Waals surface area contributed by atoms with E-state index < -0.39 is 0 Å². The van der Waals surface area contributed by atoms with Crippen molar-refractivity contribution in [2.45, 2.75) is 90.9 Å². The molecule has 0 amide bonds. The summed E-state index contributed by atoms with van der Waals surface area (Å²) < 4.78 is 6.56. The Morgan fingerprint density at radius 2 is 1.00 bits per heavy atom. The Balaban J connectivity index is 0. The first-order chi connectivity index (χ1) is 10.7. The molecule has 0 N–H and O–H groups in total. The van der Waals surface area contributed by atoms with Crippen LogP contribution in [0.25, 0.3) is 0 Å². The van der Waals surface area contributed by atoms with Gasteiger partial charge >= 0.3 is 0 Å². The third kappa shape index (κ3) is 17.0. The molecule has 0 rings (SSSR count). The lowest BCUT2D eigenvalue weighted by atomic mass is 10.1. The van der Waals surface area contributed by atoms with E-state index in [0.29, 0.717) is 0 Å². The highest BCUT2D eigenvalue weighted by atomic mass is 79.9. The highest BCUT2D eigenvalue weighted by Gasteiger charge is 2.20. The summed E-state index contributed by atoms with van der Waals surface area (Å²) in [6, 6.07) is 0. The van der Waals surface area contributed by atoms with Gasteiger partial charge in [-0.05, 0) is 25.7 Å². The van der Waals surface area contributed by atoms with Crippen LogP contribution in [0.3, 0.4) is 0 Å².